The molecule has 6 nitrogen and oxygen atoms in total. The predicted molar refractivity (Wildman–Crippen MR) is 120 cm³/mol. The van der Waals surface area contributed by atoms with Crippen molar-refractivity contribution < 1.29 is 9.84 Å². The van der Waals surface area contributed by atoms with E-state index in [-0.39, 0.29) is 24.0 Å². The van der Waals surface area contributed by atoms with Gasteiger partial charge in [0.2, 0.25) is 0 Å². The summed E-state index contributed by atoms with van der Waals surface area (Å²) in [4.78, 5) is 7.76. The molecule has 0 bridgehead atoms. The maximum absolute atomic E-state index is 10.2. The molecule has 1 aromatic rings. The Labute approximate surface area is 182 Å². The van der Waals surface area contributed by atoms with Gasteiger partial charge in [-0.05, 0) is 38.4 Å². The van der Waals surface area contributed by atoms with Crippen LogP contribution in [-0.2, 0) is 4.74 Å². The van der Waals surface area contributed by atoms with Gasteiger partial charge in [0, 0.05) is 31.1 Å². The van der Waals surface area contributed by atoms with Crippen molar-refractivity contribution >= 4 is 52.9 Å². The monoisotopic (exact) mass is 516 g/mol. The first-order chi connectivity index (χ1) is 12.2. The van der Waals surface area contributed by atoms with E-state index in [2.05, 4.69) is 20.5 Å². The molecule has 1 aliphatic heterocycles. The van der Waals surface area contributed by atoms with Crippen molar-refractivity contribution in [3.8, 4) is 0 Å². The molecule has 1 aliphatic rings. The fraction of sp³-hybridized carbons (Fsp3) is 0.706. The van der Waals surface area contributed by atoms with Crippen LogP contribution in [0.2, 0.25) is 4.34 Å². The van der Waals surface area contributed by atoms with Crippen molar-refractivity contribution in [1.82, 2.24) is 15.5 Å². The van der Waals surface area contributed by atoms with Crippen molar-refractivity contribution in [2.45, 2.75) is 25.9 Å². The number of halogens is 2. The van der Waals surface area contributed by atoms with Gasteiger partial charge in [-0.2, -0.15) is 0 Å². The number of hydrogen-bond donors (Lipinski definition) is 3. The molecule has 0 aliphatic carbocycles. The molecule has 0 radical (unpaired) electrons. The van der Waals surface area contributed by atoms with Crippen LogP contribution >= 0.6 is 46.9 Å². The van der Waals surface area contributed by atoms with Gasteiger partial charge >= 0.3 is 0 Å². The average Bonchev–Trinajstić information content (AvgIpc) is 3.06. The summed E-state index contributed by atoms with van der Waals surface area (Å²) >= 11 is 7.30. The number of aliphatic hydroxyl groups excluding tert-OH is 1. The highest BCUT2D eigenvalue weighted by Gasteiger charge is 2.11. The highest BCUT2D eigenvalue weighted by molar-refractivity contribution is 14.0. The number of aliphatic imine (C=N–C) groups is 1. The number of thiophene rings is 1. The Kier molecular flexibility index (Phi) is 12.8. The molecule has 26 heavy (non-hydrogen) atoms. The van der Waals surface area contributed by atoms with E-state index in [9.17, 15) is 5.11 Å². The summed E-state index contributed by atoms with van der Waals surface area (Å²) in [6, 6.07) is 3.64. The molecule has 1 atom stereocenters. The van der Waals surface area contributed by atoms with Crippen molar-refractivity contribution in [2.75, 3.05) is 52.5 Å². The summed E-state index contributed by atoms with van der Waals surface area (Å²) in [7, 11) is 0. The number of guanidine groups is 1. The number of aliphatic hydroxyl groups is 1. The maximum Gasteiger partial charge on any atom is 0.191 e. The molecule has 0 aromatic carbocycles. The largest absolute Gasteiger partial charge is 0.386 e. The first-order valence-electron chi connectivity index (χ1n) is 8.94. The third-order valence-electron chi connectivity index (χ3n) is 3.99. The summed E-state index contributed by atoms with van der Waals surface area (Å²) in [5, 5.41) is 16.7. The molecule has 1 aromatic heterocycles. The average molecular weight is 517 g/mol. The molecule has 3 N–H and O–H groups in total. The van der Waals surface area contributed by atoms with E-state index in [4.69, 9.17) is 16.3 Å². The Morgan fingerprint density at radius 1 is 1.35 bits per heavy atom. The topological polar surface area (TPSA) is 69.1 Å². The van der Waals surface area contributed by atoms with Crippen LogP contribution in [0.3, 0.4) is 0 Å². The zero-order chi connectivity index (χ0) is 17.9. The van der Waals surface area contributed by atoms with Crippen LogP contribution in [0.5, 0.6) is 0 Å². The molecule has 0 spiro atoms. The lowest BCUT2D eigenvalue weighted by atomic mass is 10.2. The van der Waals surface area contributed by atoms with Crippen molar-refractivity contribution in [3.05, 3.63) is 21.3 Å². The van der Waals surface area contributed by atoms with Gasteiger partial charge in [-0.3, -0.25) is 9.89 Å². The lowest BCUT2D eigenvalue weighted by Gasteiger charge is -2.26. The van der Waals surface area contributed by atoms with E-state index in [1.165, 1.54) is 11.3 Å². The first kappa shape index (κ1) is 23.9. The molecule has 2 heterocycles. The highest BCUT2D eigenvalue weighted by Crippen LogP contribution is 2.26. The van der Waals surface area contributed by atoms with Crippen LogP contribution in [0.25, 0.3) is 0 Å². The number of hydrogen-bond acceptors (Lipinski definition) is 5. The molecule has 2 rings (SSSR count). The highest BCUT2D eigenvalue weighted by atomic mass is 127. The molecular formula is C17H30ClIN4O2S. The SMILES string of the molecule is CCNC(=NCC(O)c1ccc(Cl)s1)NCCCCN1CCOCC1.I. The van der Waals surface area contributed by atoms with Gasteiger partial charge in [0.05, 0.1) is 24.1 Å². The number of unbranched alkanes of at least 4 members (excludes halogenated alkanes) is 1. The van der Waals surface area contributed by atoms with Crippen LogP contribution in [0, 0.1) is 0 Å². The number of morpholine rings is 1. The lowest BCUT2D eigenvalue weighted by Crippen LogP contribution is -2.39. The Balaban J connectivity index is 0.00000338. The van der Waals surface area contributed by atoms with Crippen LogP contribution in [0.4, 0.5) is 0 Å². The Morgan fingerprint density at radius 2 is 2.12 bits per heavy atom. The molecule has 1 fully saturated rings. The van der Waals surface area contributed by atoms with Crippen LogP contribution in [0.1, 0.15) is 30.7 Å². The van der Waals surface area contributed by atoms with Crippen molar-refractivity contribution in [2.24, 2.45) is 4.99 Å². The molecular weight excluding hydrogens is 487 g/mol. The standard InChI is InChI=1S/C17H29ClN4O2S.HI/c1-2-19-17(21-13-14(23)15-5-6-16(18)25-15)20-7-3-4-8-22-9-11-24-12-10-22;/h5-6,14,23H,2-4,7-13H2,1H3,(H2,19,20,21);1H. The van der Waals surface area contributed by atoms with E-state index in [1.54, 1.807) is 6.07 Å². The quantitative estimate of drug-likeness (QED) is 0.204. The molecule has 0 amide bonds. The third kappa shape index (κ3) is 9.18. The predicted octanol–water partition coefficient (Wildman–Crippen LogP) is 2.72. The zero-order valence-electron chi connectivity index (χ0n) is 15.2. The Morgan fingerprint density at radius 3 is 2.77 bits per heavy atom. The lowest BCUT2D eigenvalue weighted by molar-refractivity contribution is 0.0372. The second kappa shape index (κ2) is 14.0. The fourth-order valence-corrected chi connectivity index (χ4v) is 3.65. The van der Waals surface area contributed by atoms with Gasteiger partial charge in [0.1, 0.15) is 6.10 Å². The normalized spacial score (nSPS) is 16.8. The maximum atomic E-state index is 10.2. The first-order valence-corrected chi connectivity index (χ1v) is 10.1. The van der Waals surface area contributed by atoms with Crippen LogP contribution in [0.15, 0.2) is 17.1 Å². The molecule has 0 saturated carbocycles. The van der Waals surface area contributed by atoms with Crippen molar-refractivity contribution in [3.63, 3.8) is 0 Å². The van der Waals surface area contributed by atoms with Crippen LogP contribution < -0.4 is 10.6 Å². The number of nitrogens with one attached hydrogen (secondary N) is 2. The van der Waals surface area contributed by atoms with Crippen LogP contribution in [-0.4, -0.2) is 68.4 Å². The van der Waals surface area contributed by atoms with Gasteiger partial charge in [-0.15, -0.1) is 35.3 Å². The van der Waals surface area contributed by atoms with E-state index in [0.717, 1.165) is 69.6 Å². The van der Waals surface area contributed by atoms with Gasteiger partial charge < -0.3 is 20.5 Å². The smallest absolute Gasteiger partial charge is 0.191 e. The van der Waals surface area contributed by atoms with Gasteiger partial charge in [0.25, 0.3) is 0 Å². The van der Waals surface area contributed by atoms with Gasteiger partial charge in [-0.1, -0.05) is 11.6 Å². The fourth-order valence-electron chi connectivity index (χ4n) is 2.61. The van der Waals surface area contributed by atoms with E-state index >= 15 is 0 Å². The second-order valence-corrected chi connectivity index (χ2v) is 7.71. The molecule has 150 valence electrons. The number of rotatable bonds is 9. The van der Waals surface area contributed by atoms with Gasteiger partial charge in [0.15, 0.2) is 5.96 Å². The third-order valence-corrected chi connectivity index (χ3v) is 5.32. The Bertz CT molecular complexity index is 527. The molecule has 9 heteroatoms. The minimum Gasteiger partial charge on any atom is -0.386 e. The number of nitrogens with zero attached hydrogens (tertiary/aromatic N) is 2. The summed E-state index contributed by atoms with van der Waals surface area (Å²) < 4.78 is 6.04. The molecule has 1 unspecified atom stereocenters. The van der Waals surface area contributed by atoms with E-state index in [1.807, 2.05) is 13.0 Å². The van der Waals surface area contributed by atoms with E-state index in [0.29, 0.717) is 10.9 Å². The Hall–Kier alpha value is -0.130. The minimum absolute atomic E-state index is 0. The van der Waals surface area contributed by atoms with Crippen molar-refractivity contribution in [1.29, 1.82) is 0 Å². The molecule has 1 saturated heterocycles. The summed E-state index contributed by atoms with van der Waals surface area (Å²) in [6.45, 7) is 8.93. The van der Waals surface area contributed by atoms with E-state index < -0.39 is 6.10 Å². The minimum atomic E-state index is -0.616. The summed E-state index contributed by atoms with van der Waals surface area (Å²) in [5.74, 6) is 0.746. The zero-order valence-corrected chi connectivity index (χ0v) is 19.2. The summed E-state index contributed by atoms with van der Waals surface area (Å²) in [6.07, 6.45) is 1.63. The second-order valence-electron chi connectivity index (χ2n) is 5.97. The number of ether oxygens (including phenoxy) is 1. The summed E-state index contributed by atoms with van der Waals surface area (Å²) in [5.41, 5.74) is 0. The van der Waals surface area contributed by atoms with Gasteiger partial charge in [-0.25, -0.2) is 0 Å².